The number of sulfonamides is 1. The van der Waals surface area contributed by atoms with Gasteiger partial charge in [-0.2, -0.15) is 8.42 Å². The molecule has 0 bridgehead atoms. The lowest BCUT2D eigenvalue weighted by molar-refractivity contribution is 0.0697. The Hall–Kier alpha value is -2.55. The summed E-state index contributed by atoms with van der Waals surface area (Å²) in [5.41, 5.74) is 0.0504. The number of nitrogens with one attached hydrogen (secondary N) is 1. The molecule has 0 saturated heterocycles. The Balaban J connectivity index is 1.99. The molecule has 1 aromatic carbocycles. The van der Waals surface area contributed by atoms with E-state index in [2.05, 4.69) is 9.71 Å². The van der Waals surface area contributed by atoms with Crippen LogP contribution >= 0.6 is 0 Å². The molecule has 25 heavy (non-hydrogen) atoms. The summed E-state index contributed by atoms with van der Waals surface area (Å²) < 4.78 is 35.2. The summed E-state index contributed by atoms with van der Waals surface area (Å²) in [5, 5.41) is 9.22. The standard InChI is InChI=1S/C16H19N3O5S/c1-10(2)24-13-6-5-11(16(20)21)8-12(13)18-25(22,23)15-9-17-14-4-3-7-19(14)15/h5-6,8-10,18H,3-4,7H2,1-2H3,(H,20,21). The third kappa shape index (κ3) is 3.46. The molecule has 0 atom stereocenters. The van der Waals surface area contributed by atoms with Crippen molar-refractivity contribution in [2.75, 3.05) is 4.72 Å². The fraction of sp³-hybridized carbons (Fsp3) is 0.375. The van der Waals surface area contributed by atoms with Crippen molar-refractivity contribution in [1.82, 2.24) is 9.55 Å². The Kier molecular flexibility index (Phi) is 4.42. The SMILES string of the molecule is CC(C)Oc1ccc(C(=O)O)cc1NS(=O)(=O)c1cnc2n1CCC2. The molecule has 1 aliphatic heterocycles. The third-order valence-corrected chi connectivity index (χ3v) is 5.16. The zero-order valence-electron chi connectivity index (χ0n) is 13.9. The van der Waals surface area contributed by atoms with Gasteiger partial charge in [-0.3, -0.25) is 4.72 Å². The fourth-order valence-electron chi connectivity index (χ4n) is 2.74. The minimum absolute atomic E-state index is 0.0349. The van der Waals surface area contributed by atoms with Crippen molar-refractivity contribution in [3.05, 3.63) is 35.8 Å². The van der Waals surface area contributed by atoms with Gasteiger partial charge in [-0.15, -0.1) is 0 Å². The lowest BCUT2D eigenvalue weighted by Crippen LogP contribution is -2.18. The number of nitrogens with zero attached hydrogens (tertiary/aromatic N) is 2. The first-order valence-electron chi connectivity index (χ1n) is 7.89. The Morgan fingerprint density at radius 2 is 2.16 bits per heavy atom. The molecule has 1 aliphatic rings. The molecule has 1 aromatic heterocycles. The summed E-state index contributed by atoms with van der Waals surface area (Å²) >= 11 is 0. The molecule has 0 spiro atoms. The van der Waals surface area contributed by atoms with E-state index in [9.17, 15) is 13.2 Å². The second-order valence-electron chi connectivity index (χ2n) is 6.06. The van der Waals surface area contributed by atoms with Crippen LogP contribution in [0.25, 0.3) is 0 Å². The van der Waals surface area contributed by atoms with Gasteiger partial charge in [-0.25, -0.2) is 9.78 Å². The van der Waals surface area contributed by atoms with Crippen molar-refractivity contribution in [2.45, 2.75) is 44.4 Å². The number of rotatable bonds is 6. The predicted octanol–water partition coefficient (Wildman–Crippen LogP) is 2.12. The number of ether oxygens (including phenoxy) is 1. The van der Waals surface area contributed by atoms with E-state index in [0.717, 1.165) is 18.7 Å². The van der Waals surface area contributed by atoms with Crippen molar-refractivity contribution in [1.29, 1.82) is 0 Å². The monoisotopic (exact) mass is 365 g/mol. The van der Waals surface area contributed by atoms with Crippen molar-refractivity contribution in [2.24, 2.45) is 0 Å². The highest BCUT2D eigenvalue weighted by Crippen LogP contribution is 2.30. The molecular formula is C16H19N3O5S. The van der Waals surface area contributed by atoms with Crippen LogP contribution in [-0.2, 0) is 23.0 Å². The van der Waals surface area contributed by atoms with E-state index in [4.69, 9.17) is 9.84 Å². The average Bonchev–Trinajstić information content (AvgIpc) is 3.10. The van der Waals surface area contributed by atoms with Crippen LogP contribution in [0.5, 0.6) is 5.75 Å². The van der Waals surface area contributed by atoms with Gasteiger partial charge < -0.3 is 14.4 Å². The summed E-state index contributed by atoms with van der Waals surface area (Å²) in [6.07, 6.45) is 2.72. The Morgan fingerprint density at radius 1 is 1.40 bits per heavy atom. The lowest BCUT2D eigenvalue weighted by Gasteiger charge is -2.16. The third-order valence-electron chi connectivity index (χ3n) is 3.79. The number of fused-ring (bicyclic) bond motifs is 1. The summed E-state index contributed by atoms with van der Waals surface area (Å²) in [5.74, 6) is -0.148. The largest absolute Gasteiger partial charge is 0.489 e. The Bertz CT molecular complexity index is 918. The van der Waals surface area contributed by atoms with Gasteiger partial charge in [0.1, 0.15) is 11.6 Å². The summed E-state index contributed by atoms with van der Waals surface area (Å²) in [6.45, 7) is 4.19. The van der Waals surface area contributed by atoms with Crippen LogP contribution in [-0.4, -0.2) is 35.1 Å². The number of hydrogen-bond donors (Lipinski definition) is 2. The number of hydrogen-bond acceptors (Lipinski definition) is 5. The molecule has 0 amide bonds. The van der Waals surface area contributed by atoms with Crippen molar-refractivity contribution < 1.29 is 23.1 Å². The normalized spacial score (nSPS) is 13.7. The highest BCUT2D eigenvalue weighted by Gasteiger charge is 2.26. The minimum atomic E-state index is -3.92. The van der Waals surface area contributed by atoms with Crippen molar-refractivity contribution >= 4 is 21.7 Å². The van der Waals surface area contributed by atoms with E-state index < -0.39 is 16.0 Å². The molecule has 9 heteroatoms. The zero-order chi connectivity index (χ0) is 18.2. The highest BCUT2D eigenvalue weighted by atomic mass is 32.2. The molecule has 3 rings (SSSR count). The van der Waals surface area contributed by atoms with Gasteiger partial charge in [0.2, 0.25) is 0 Å². The Morgan fingerprint density at radius 3 is 2.84 bits per heavy atom. The molecule has 2 N–H and O–H groups in total. The molecule has 0 radical (unpaired) electrons. The number of aryl methyl sites for hydroxylation is 1. The maximum absolute atomic E-state index is 12.8. The first-order chi connectivity index (χ1) is 11.8. The first-order valence-corrected chi connectivity index (χ1v) is 9.37. The second-order valence-corrected chi connectivity index (χ2v) is 7.69. The summed E-state index contributed by atoms with van der Waals surface area (Å²) in [7, 11) is -3.92. The quantitative estimate of drug-likeness (QED) is 0.811. The van der Waals surface area contributed by atoms with Crippen molar-refractivity contribution in [3.63, 3.8) is 0 Å². The van der Waals surface area contributed by atoms with Crippen molar-refractivity contribution in [3.8, 4) is 5.75 Å². The number of aromatic nitrogens is 2. The minimum Gasteiger partial charge on any atom is -0.489 e. The van der Waals surface area contributed by atoms with Crippen LogP contribution in [0.4, 0.5) is 5.69 Å². The maximum atomic E-state index is 12.8. The second kappa shape index (κ2) is 6.40. The van der Waals surface area contributed by atoms with Crippen LogP contribution in [0, 0.1) is 0 Å². The average molecular weight is 365 g/mol. The van der Waals surface area contributed by atoms with Gasteiger partial charge in [0.05, 0.1) is 23.6 Å². The molecule has 2 aromatic rings. The van der Waals surface area contributed by atoms with Gasteiger partial charge in [-0.05, 0) is 38.5 Å². The van der Waals surface area contributed by atoms with E-state index in [1.54, 1.807) is 18.4 Å². The number of carboxylic acid groups (broad SMARTS) is 1. The van der Waals surface area contributed by atoms with E-state index in [1.165, 1.54) is 24.4 Å². The lowest BCUT2D eigenvalue weighted by atomic mass is 10.2. The topological polar surface area (TPSA) is 111 Å². The van der Waals surface area contributed by atoms with E-state index in [1.807, 2.05) is 0 Å². The first kappa shape index (κ1) is 17.3. The van der Waals surface area contributed by atoms with Crippen LogP contribution in [0.1, 0.15) is 36.5 Å². The summed E-state index contributed by atoms with van der Waals surface area (Å²) in [4.78, 5) is 15.3. The van der Waals surface area contributed by atoms with E-state index in [-0.39, 0.29) is 28.1 Å². The predicted molar refractivity (Wildman–Crippen MR) is 90.5 cm³/mol. The number of benzene rings is 1. The number of aromatic carboxylic acids is 1. The maximum Gasteiger partial charge on any atom is 0.335 e. The fourth-order valence-corrected chi connectivity index (χ4v) is 3.97. The molecular weight excluding hydrogens is 346 g/mol. The van der Waals surface area contributed by atoms with Crippen LogP contribution in [0.3, 0.4) is 0 Å². The van der Waals surface area contributed by atoms with Crippen LogP contribution in [0.2, 0.25) is 0 Å². The van der Waals surface area contributed by atoms with Gasteiger partial charge in [0.25, 0.3) is 10.0 Å². The summed E-state index contributed by atoms with van der Waals surface area (Å²) in [6, 6.07) is 4.06. The Labute approximate surface area is 145 Å². The molecule has 134 valence electrons. The molecule has 8 nitrogen and oxygen atoms in total. The smallest absolute Gasteiger partial charge is 0.335 e. The number of carboxylic acids is 1. The van der Waals surface area contributed by atoms with Gasteiger partial charge >= 0.3 is 5.97 Å². The van der Waals surface area contributed by atoms with Gasteiger partial charge in [0.15, 0.2) is 5.03 Å². The van der Waals surface area contributed by atoms with Gasteiger partial charge in [0, 0.05) is 13.0 Å². The van der Waals surface area contributed by atoms with Crippen LogP contribution in [0.15, 0.2) is 29.4 Å². The molecule has 0 unspecified atom stereocenters. The van der Waals surface area contributed by atoms with Crippen LogP contribution < -0.4 is 9.46 Å². The molecule has 0 fully saturated rings. The van der Waals surface area contributed by atoms with Gasteiger partial charge in [-0.1, -0.05) is 0 Å². The zero-order valence-corrected chi connectivity index (χ0v) is 14.7. The number of carbonyl (C=O) groups is 1. The number of anilines is 1. The van der Waals surface area contributed by atoms with E-state index in [0.29, 0.717) is 6.54 Å². The number of imidazole rings is 1. The molecule has 2 heterocycles. The van der Waals surface area contributed by atoms with E-state index >= 15 is 0 Å². The molecule has 0 aliphatic carbocycles. The highest BCUT2D eigenvalue weighted by molar-refractivity contribution is 7.92. The molecule has 0 saturated carbocycles.